The Labute approximate surface area is 138 Å². The summed E-state index contributed by atoms with van der Waals surface area (Å²) in [5, 5.41) is 13.7. The fraction of sp³-hybridized carbons (Fsp3) is 0.632. The van der Waals surface area contributed by atoms with Crippen molar-refractivity contribution >= 4 is 6.03 Å². The first-order chi connectivity index (χ1) is 11.1. The molecule has 2 amide bonds. The zero-order valence-electron chi connectivity index (χ0n) is 14.2. The van der Waals surface area contributed by atoms with Crippen molar-refractivity contribution in [3.63, 3.8) is 0 Å². The van der Waals surface area contributed by atoms with Crippen LogP contribution < -0.4 is 5.32 Å². The molecule has 2 saturated carbocycles. The maximum Gasteiger partial charge on any atom is 0.317 e. The van der Waals surface area contributed by atoms with E-state index in [-0.39, 0.29) is 6.03 Å². The van der Waals surface area contributed by atoms with Gasteiger partial charge in [0.25, 0.3) is 0 Å². The molecule has 1 atom stereocenters. The van der Waals surface area contributed by atoms with Crippen LogP contribution in [0.3, 0.4) is 0 Å². The Morgan fingerprint density at radius 3 is 2.26 bits per heavy atom. The number of nitrogens with one attached hydrogen (secondary N) is 1. The molecule has 0 bridgehead atoms. The van der Waals surface area contributed by atoms with E-state index in [1.165, 1.54) is 31.2 Å². The van der Waals surface area contributed by atoms with Crippen LogP contribution in [0.2, 0.25) is 0 Å². The summed E-state index contributed by atoms with van der Waals surface area (Å²) in [6.07, 6.45) is 4.36. The molecule has 2 fully saturated rings. The van der Waals surface area contributed by atoms with E-state index in [0.29, 0.717) is 31.0 Å². The molecular weight excluding hydrogens is 288 g/mol. The van der Waals surface area contributed by atoms with Crippen LogP contribution in [0.15, 0.2) is 24.3 Å². The van der Waals surface area contributed by atoms with E-state index >= 15 is 0 Å². The molecule has 1 aromatic rings. The van der Waals surface area contributed by atoms with Gasteiger partial charge in [0.15, 0.2) is 0 Å². The quantitative estimate of drug-likeness (QED) is 0.811. The molecule has 0 aliphatic heterocycles. The normalized spacial score (nSPS) is 18.8. The van der Waals surface area contributed by atoms with Crippen molar-refractivity contribution < 1.29 is 9.90 Å². The minimum absolute atomic E-state index is 0.0255. The second-order valence-electron chi connectivity index (χ2n) is 7.12. The number of hydrogen-bond acceptors (Lipinski definition) is 2. The number of aliphatic hydroxyl groups excluding tert-OH is 1. The van der Waals surface area contributed by atoms with Gasteiger partial charge in [-0.15, -0.1) is 0 Å². The number of hydrogen-bond donors (Lipinski definition) is 2. The molecule has 4 nitrogen and oxygen atoms in total. The first kappa shape index (κ1) is 16.3. The van der Waals surface area contributed by atoms with Crippen LogP contribution in [-0.4, -0.2) is 35.2 Å². The summed E-state index contributed by atoms with van der Waals surface area (Å²) in [5.41, 5.74) is 2.03. The van der Waals surface area contributed by atoms with Crippen LogP contribution in [0.25, 0.3) is 0 Å². The number of rotatable bonds is 7. The third-order valence-electron chi connectivity index (χ3n) is 5.07. The van der Waals surface area contributed by atoms with Gasteiger partial charge in [-0.25, -0.2) is 4.79 Å². The first-order valence-corrected chi connectivity index (χ1v) is 8.88. The Morgan fingerprint density at radius 1 is 1.22 bits per heavy atom. The third-order valence-corrected chi connectivity index (χ3v) is 5.07. The zero-order chi connectivity index (χ0) is 16.4. The van der Waals surface area contributed by atoms with Gasteiger partial charge in [-0.1, -0.05) is 29.8 Å². The zero-order valence-corrected chi connectivity index (χ0v) is 14.2. The van der Waals surface area contributed by atoms with Gasteiger partial charge >= 0.3 is 6.03 Å². The molecule has 0 radical (unpaired) electrons. The number of urea groups is 1. The van der Waals surface area contributed by atoms with Gasteiger partial charge < -0.3 is 15.3 Å². The lowest BCUT2D eigenvalue weighted by Gasteiger charge is -2.27. The van der Waals surface area contributed by atoms with Crippen molar-refractivity contribution in [1.29, 1.82) is 0 Å². The minimum atomic E-state index is -0.637. The predicted molar refractivity (Wildman–Crippen MR) is 91.2 cm³/mol. The maximum absolute atomic E-state index is 12.6. The molecule has 0 saturated heterocycles. The van der Waals surface area contributed by atoms with E-state index in [1.54, 1.807) is 4.90 Å². The summed E-state index contributed by atoms with van der Waals surface area (Å²) in [7, 11) is 0. The summed E-state index contributed by atoms with van der Waals surface area (Å²) in [4.78, 5) is 14.3. The van der Waals surface area contributed by atoms with Gasteiger partial charge in [-0.2, -0.15) is 0 Å². The smallest absolute Gasteiger partial charge is 0.317 e. The Balaban J connectivity index is 1.57. The molecule has 0 spiro atoms. The number of likely N-dealkylation sites (N-methyl/N-ethyl adjacent to an activating group) is 1. The maximum atomic E-state index is 12.6. The Morgan fingerprint density at radius 2 is 1.78 bits per heavy atom. The Bertz CT molecular complexity index is 523. The van der Waals surface area contributed by atoms with Crippen molar-refractivity contribution in [2.45, 2.75) is 51.7 Å². The van der Waals surface area contributed by atoms with Crippen molar-refractivity contribution in [3.8, 4) is 0 Å². The average molecular weight is 316 g/mol. The molecule has 0 heterocycles. The number of aryl methyl sites for hydroxylation is 1. The van der Waals surface area contributed by atoms with E-state index in [9.17, 15) is 9.90 Å². The van der Waals surface area contributed by atoms with Crippen molar-refractivity contribution in [2.75, 3.05) is 13.1 Å². The average Bonchev–Trinajstić information content (AvgIpc) is 3.43. The molecular formula is C19H28N2O2. The molecule has 2 aliphatic rings. The summed E-state index contributed by atoms with van der Waals surface area (Å²) in [6.45, 7) is 4.94. The van der Waals surface area contributed by atoms with E-state index in [0.717, 1.165) is 5.56 Å². The molecule has 2 aliphatic carbocycles. The van der Waals surface area contributed by atoms with E-state index in [2.05, 4.69) is 5.32 Å². The lowest BCUT2D eigenvalue weighted by atomic mass is 10.1. The molecule has 1 aromatic carbocycles. The largest absolute Gasteiger partial charge is 0.387 e. The van der Waals surface area contributed by atoms with Crippen LogP contribution >= 0.6 is 0 Å². The highest BCUT2D eigenvalue weighted by Gasteiger charge is 2.42. The molecule has 126 valence electrons. The fourth-order valence-electron chi connectivity index (χ4n) is 3.22. The molecule has 23 heavy (non-hydrogen) atoms. The molecule has 3 rings (SSSR count). The highest BCUT2D eigenvalue weighted by molar-refractivity contribution is 5.74. The van der Waals surface area contributed by atoms with E-state index < -0.39 is 6.10 Å². The standard InChI is InChI=1S/C19H28N2O2/c1-3-21(12-17(22)14-6-4-13(2)5-7-14)19(23)20-18(15-8-9-15)16-10-11-16/h4-7,15-18,22H,3,8-12H2,1-2H3,(H,20,23). The van der Waals surface area contributed by atoms with Crippen LogP contribution in [0.5, 0.6) is 0 Å². The SMILES string of the molecule is CCN(CC(O)c1ccc(C)cc1)C(=O)NC(C1CC1)C1CC1. The summed E-state index contributed by atoms with van der Waals surface area (Å²) in [6, 6.07) is 8.18. The monoisotopic (exact) mass is 316 g/mol. The van der Waals surface area contributed by atoms with Crippen molar-refractivity contribution in [3.05, 3.63) is 35.4 Å². The van der Waals surface area contributed by atoms with Gasteiger partial charge in [-0.05, 0) is 56.9 Å². The van der Waals surface area contributed by atoms with Crippen LogP contribution in [0.1, 0.15) is 49.8 Å². The second kappa shape index (κ2) is 6.91. The van der Waals surface area contributed by atoms with E-state index in [1.807, 2.05) is 38.1 Å². The van der Waals surface area contributed by atoms with Crippen LogP contribution in [0.4, 0.5) is 4.79 Å². The molecule has 0 aromatic heterocycles. The number of nitrogens with zero attached hydrogens (tertiary/aromatic N) is 1. The second-order valence-corrected chi connectivity index (χ2v) is 7.12. The molecule has 2 N–H and O–H groups in total. The Hall–Kier alpha value is -1.55. The van der Waals surface area contributed by atoms with Gasteiger partial charge in [0.05, 0.1) is 12.6 Å². The van der Waals surface area contributed by atoms with Gasteiger partial charge in [0, 0.05) is 12.6 Å². The number of benzene rings is 1. The van der Waals surface area contributed by atoms with Gasteiger partial charge in [0.1, 0.15) is 0 Å². The van der Waals surface area contributed by atoms with Crippen molar-refractivity contribution in [1.82, 2.24) is 10.2 Å². The number of carbonyl (C=O) groups is 1. The third kappa shape index (κ3) is 4.25. The molecule has 4 heteroatoms. The summed E-state index contributed by atoms with van der Waals surface area (Å²) in [5.74, 6) is 1.37. The van der Waals surface area contributed by atoms with Gasteiger partial charge in [0.2, 0.25) is 0 Å². The number of carbonyl (C=O) groups excluding carboxylic acids is 1. The lowest BCUT2D eigenvalue weighted by molar-refractivity contribution is 0.121. The summed E-state index contributed by atoms with van der Waals surface area (Å²) < 4.78 is 0. The van der Waals surface area contributed by atoms with Crippen LogP contribution in [-0.2, 0) is 0 Å². The number of aliphatic hydroxyl groups is 1. The van der Waals surface area contributed by atoms with Gasteiger partial charge in [-0.3, -0.25) is 0 Å². The lowest BCUT2D eigenvalue weighted by Crippen LogP contribution is -2.47. The summed E-state index contributed by atoms with van der Waals surface area (Å²) >= 11 is 0. The highest BCUT2D eigenvalue weighted by Crippen LogP contribution is 2.44. The number of amides is 2. The Kier molecular flexibility index (Phi) is 4.90. The topological polar surface area (TPSA) is 52.6 Å². The molecule has 1 unspecified atom stereocenters. The predicted octanol–water partition coefficient (Wildman–Crippen LogP) is 3.25. The highest BCUT2D eigenvalue weighted by atomic mass is 16.3. The van der Waals surface area contributed by atoms with Crippen molar-refractivity contribution in [2.24, 2.45) is 11.8 Å². The minimum Gasteiger partial charge on any atom is -0.387 e. The fourth-order valence-corrected chi connectivity index (χ4v) is 3.22. The van der Waals surface area contributed by atoms with Crippen LogP contribution in [0, 0.1) is 18.8 Å². The van der Waals surface area contributed by atoms with E-state index in [4.69, 9.17) is 0 Å². The first-order valence-electron chi connectivity index (χ1n) is 8.88.